The first-order chi connectivity index (χ1) is 25.9. The maximum Gasteiger partial charge on any atom is 0.245 e. The maximum absolute atomic E-state index is 14.4. The minimum atomic E-state index is -0.847. The van der Waals surface area contributed by atoms with E-state index in [1.54, 1.807) is 69.1 Å². The van der Waals surface area contributed by atoms with Crippen molar-refractivity contribution >= 4 is 29.4 Å². The van der Waals surface area contributed by atoms with Gasteiger partial charge >= 0.3 is 0 Å². The zero-order valence-electron chi connectivity index (χ0n) is 35.6. The van der Waals surface area contributed by atoms with Gasteiger partial charge in [-0.3, -0.25) is 24.0 Å². The van der Waals surface area contributed by atoms with Crippen LogP contribution in [0.3, 0.4) is 0 Å². The van der Waals surface area contributed by atoms with Gasteiger partial charge in [0.25, 0.3) is 0 Å². The average Bonchev–Trinajstić information content (AvgIpc) is 3.60. The molecule has 10 atom stereocenters. The van der Waals surface area contributed by atoms with Crippen LogP contribution in [-0.4, -0.2) is 137 Å². The summed E-state index contributed by atoms with van der Waals surface area (Å²) in [6.07, 6.45) is -0.628. The Balaban J connectivity index is 2.34. The fourth-order valence-electron chi connectivity index (χ4n) is 7.69. The number of methoxy groups -OCH3 is 4. The quantitative estimate of drug-likeness (QED) is 0.149. The normalized spacial score (nSPS) is 20.2. The van der Waals surface area contributed by atoms with Crippen molar-refractivity contribution in [2.24, 2.45) is 23.7 Å². The van der Waals surface area contributed by atoms with E-state index in [-0.39, 0.29) is 60.3 Å². The number of para-hydroxylation sites is 1. The molecular formula is C41H69N5O9. The van der Waals surface area contributed by atoms with Gasteiger partial charge in [-0.25, -0.2) is 0 Å². The molecule has 0 saturated carbocycles. The topological polar surface area (TPSA) is 165 Å². The second-order valence-electron chi connectivity index (χ2n) is 15.5. The van der Waals surface area contributed by atoms with Gasteiger partial charge in [0, 0.05) is 34.9 Å². The predicted molar refractivity (Wildman–Crippen MR) is 212 cm³/mol. The third-order valence-electron chi connectivity index (χ3n) is 11.2. The SMILES string of the molecule is CC[C@H](C)[C@@H]([C@H](CC(=O)N1C[C@H](OC)C[C@@H]1[C@H](OC)[C@@H](C)C(=O)N[C@H](C)C(=O)c1ccccc1OC)OC)N(C)C(=O)[C@@H](NC(=O)[C@@H](NC)C(C)C)C(C)C. The van der Waals surface area contributed by atoms with Crippen LogP contribution < -0.4 is 20.7 Å². The number of carbonyl (C=O) groups is 5. The van der Waals surface area contributed by atoms with Crippen LogP contribution in [0.2, 0.25) is 0 Å². The number of likely N-dealkylation sites (N-methyl/N-ethyl adjacent to an activating group) is 2. The van der Waals surface area contributed by atoms with E-state index in [0.717, 1.165) is 0 Å². The van der Waals surface area contributed by atoms with Crippen molar-refractivity contribution in [1.82, 2.24) is 25.8 Å². The Morgan fingerprint density at radius 1 is 0.873 bits per heavy atom. The number of hydrogen-bond donors (Lipinski definition) is 3. The lowest BCUT2D eigenvalue weighted by molar-refractivity contribution is -0.148. The van der Waals surface area contributed by atoms with E-state index in [0.29, 0.717) is 24.2 Å². The Morgan fingerprint density at radius 3 is 2.00 bits per heavy atom. The van der Waals surface area contributed by atoms with Gasteiger partial charge in [0.2, 0.25) is 23.6 Å². The van der Waals surface area contributed by atoms with E-state index < -0.39 is 54.2 Å². The number of Topliss-reactive ketones (excluding diaryl/α,β-unsaturated/α-hetero) is 1. The summed E-state index contributed by atoms with van der Waals surface area (Å²) in [6, 6.07) is 3.71. The predicted octanol–water partition coefficient (Wildman–Crippen LogP) is 3.31. The molecule has 1 aliphatic heterocycles. The van der Waals surface area contributed by atoms with Gasteiger partial charge in [0.15, 0.2) is 5.78 Å². The molecule has 1 fully saturated rings. The number of nitrogens with one attached hydrogen (secondary N) is 3. The molecule has 0 bridgehead atoms. The Bertz CT molecular complexity index is 1420. The highest BCUT2D eigenvalue weighted by Gasteiger charge is 2.46. The summed E-state index contributed by atoms with van der Waals surface area (Å²) in [7, 11) is 9.53. The molecule has 312 valence electrons. The molecule has 14 nitrogen and oxygen atoms in total. The van der Waals surface area contributed by atoms with Crippen molar-refractivity contribution in [3.63, 3.8) is 0 Å². The third kappa shape index (κ3) is 12.0. The first-order valence-electron chi connectivity index (χ1n) is 19.5. The zero-order chi connectivity index (χ0) is 41.7. The fraction of sp³-hybridized carbons (Fsp3) is 0.732. The number of hydrogen-bond acceptors (Lipinski definition) is 10. The molecule has 1 aromatic rings. The number of ether oxygens (including phenoxy) is 4. The van der Waals surface area contributed by atoms with Gasteiger partial charge in [0.1, 0.15) is 11.8 Å². The molecule has 55 heavy (non-hydrogen) atoms. The standard InChI is InChI=1S/C41H69N5O9/c1-15-25(6)36(45(10)41(51)35(24(4)5)44-40(50)34(42-9)23(2)3)32(54-13)21-33(47)46-22-28(52-11)20-30(46)38(55-14)26(7)39(49)43-27(8)37(48)29-18-16-17-19-31(29)53-12/h16-19,23-28,30,32,34-36,38,42H,15,20-22H2,1-14H3,(H,43,49)(H,44,50)/t25-,26+,27+,28+,30+,32-,34-,35-,36-,38+/m0/s1. The van der Waals surface area contributed by atoms with Crippen LogP contribution in [0.25, 0.3) is 0 Å². The number of carbonyl (C=O) groups excluding carboxylic acids is 5. The second-order valence-corrected chi connectivity index (χ2v) is 15.5. The maximum atomic E-state index is 14.4. The van der Waals surface area contributed by atoms with Crippen molar-refractivity contribution in [1.29, 1.82) is 0 Å². The van der Waals surface area contributed by atoms with E-state index in [9.17, 15) is 24.0 Å². The van der Waals surface area contributed by atoms with Crippen molar-refractivity contribution < 1.29 is 42.9 Å². The summed E-state index contributed by atoms with van der Waals surface area (Å²) in [5.41, 5.74) is 0.359. The highest BCUT2D eigenvalue weighted by atomic mass is 16.5. The smallest absolute Gasteiger partial charge is 0.245 e. The summed E-state index contributed by atoms with van der Waals surface area (Å²) in [4.78, 5) is 72.0. The van der Waals surface area contributed by atoms with Gasteiger partial charge in [0.05, 0.1) is 67.5 Å². The lowest BCUT2D eigenvalue weighted by atomic mass is 9.89. The van der Waals surface area contributed by atoms with E-state index in [2.05, 4.69) is 16.0 Å². The number of benzene rings is 1. The Morgan fingerprint density at radius 2 is 1.49 bits per heavy atom. The summed E-state index contributed by atoms with van der Waals surface area (Å²) < 4.78 is 23.0. The van der Waals surface area contributed by atoms with Crippen LogP contribution in [0, 0.1) is 23.7 Å². The lowest BCUT2D eigenvalue weighted by Gasteiger charge is -2.41. The van der Waals surface area contributed by atoms with Crippen molar-refractivity contribution in [2.75, 3.05) is 49.1 Å². The third-order valence-corrected chi connectivity index (χ3v) is 11.2. The Hall–Kier alpha value is -3.59. The molecule has 1 aromatic carbocycles. The van der Waals surface area contributed by atoms with E-state index in [4.69, 9.17) is 18.9 Å². The zero-order valence-corrected chi connectivity index (χ0v) is 35.6. The van der Waals surface area contributed by atoms with Crippen LogP contribution >= 0.6 is 0 Å². The van der Waals surface area contributed by atoms with Gasteiger partial charge in [-0.15, -0.1) is 0 Å². The van der Waals surface area contributed by atoms with Crippen LogP contribution in [0.5, 0.6) is 5.75 Å². The highest BCUT2D eigenvalue weighted by molar-refractivity contribution is 6.03. The largest absolute Gasteiger partial charge is 0.496 e. The molecule has 0 radical (unpaired) electrons. The van der Waals surface area contributed by atoms with Gasteiger partial charge < -0.3 is 44.7 Å². The molecule has 3 N–H and O–H groups in total. The molecule has 0 aliphatic carbocycles. The number of nitrogens with zero attached hydrogens (tertiary/aromatic N) is 2. The number of rotatable bonds is 22. The van der Waals surface area contributed by atoms with Crippen molar-refractivity contribution in [3.05, 3.63) is 29.8 Å². The number of ketones is 1. The number of likely N-dealkylation sites (tertiary alicyclic amines) is 1. The lowest BCUT2D eigenvalue weighted by Crippen LogP contribution is -2.59. The second kappa shape index (κ2) is 22.2. The van der Waals surface area contributed by atoms with Gasteiger partial charge in [-0.2, -0.15) is 0 Å². The molecule has 4 amide bonds. The van der Waals surface area contributed by atoms with Crippen molar-refractivity contribution in [2.45, 2.75) is 123 Å². The Labute approximate surface area is 329 Å². The van der Waals surface area contributed by atoms with E-state index in [1.165, 1.54) is 21.3 Å². The fourth-order valence-corrected chi connectivity index (χ4v) is 7.69. The molecule has 1 saturated heterocycles. The molecule has 0 spiro atoms. The molecule has 1 aliphatic rings. The van der Waals surface area contributed by atoms with Gasteiger partial charge in [-0.1, -0.05) is 67.0 Å². The minimum absolute atomic E-state index is 0.0154. The Kier molecular flexibility index (Phi) is 19.2. The molecule has 0 unspecified atom stereocenters. The molecule has 0 aromatic heterocycles. The minimum Gasteiger partial charge on any atom is -0.496 e. The highest BCUT2D eigenvalue weighted by Crippen LogP contribution is 2.31. The summed E-state index contributed by atoms with van der Waals surface area (Å²) in [5, 5.41) is 8.85. The van der Waals surface area contributed by atoms with Crippen LogP contribution in [-0.2, 0) is 33.4 Å². The molecule has 2 rings (SSSR count). The van der Waals surface area contributed by atoms with Crippen LogP contribution in [0.1, 0.15) is 85.0 Å². The summed E-state index contributed by atoms with van der Waals surface area (Å²) in [5.74, 6) is -2.03. The van der Waals surface area contributed by atoms with E-state index >= 15 is 0 Å². The van der Waals surface area contributed by atoms with Crippen LogP contribution in [0.4, 0.5) is 0 Å². The molecule has 1 heterocycles. The average molecular weight is 776 g/mol. The van der Waals surface area contributed by atoms with Crippen molar-refractivity contribution in [3.8, 4) is 5.75 Å². The summed E-state index contributed by atoms with van der Waals surface area (Å²) in [6.45, 7) is 15.3. The number of amides is 4. The first-order valence-corrected chi connectivity index (χ1v) is 19.5. The molecular weight excluding hydrogens is 706 g/mol. The molecule has 14 heteroatoms. The first kappa shape index (κ1) is 47.6. The summed E-state index contributed by atoms with van der Waals surface area (Å²) >= 11 is 0. The van der Waals surface area contributed by atoms with Crippen LogP contribution in [0.15, 0.2) is 24.3 Å². The monoisotopic (exact) mass is 776 g/mol. The van der Waals surface area contributed by atoms with Gasteiger partial charge in [-0.05, 0) is 50.3 Å². The van der Waals surface area contributed by atoms with E-state index in [1.807, 2.05) is 41.5 Å².